The van der Waals surface area contributed by atoms with Gasteiger partial charge >= 0.3 is 0 Å². The maximum Gasteiger partial charge on any atom is 0.193 e. The number of carbonyl (C=O) groups excluding carboxylic acids is 1. The fraction of sp³-hybridized carbons (Fsp3) is 0. The first kappa shape index (κ1) is 28.8. The van der Waals surface area contributed by atoms with Crippen molar-refractivity contribution in [3.8, 4) is 27.9 Å². The number of fused-ring (bicyclic) bond motifs is 10. The van der Waals surface area contributed by atoms with Crippen molar-refractivity contribution < 1.29 is 4.79 Å². The highest BCUT2D eigenvalue weighted by molar-refractivity contribution is 6.31. The van der Waals surface area contributed by atoms with Gasteiger partial charge in [-0.15, -0.1) is 0 Å². The van der Waals surface area contributed by atoms with Crippen molar-refractivity contribution in [1.29, 1.82) is 0 Å². The van der Waals surface area contributed by atoms with E-state index in [2.05, 4.69) is 142 Å². The zero-order chi connectivity index (χ0) is 34.3. The van der Waals surface area contributed by atoms with Crippen LogP contribution in [-0.2, 0) is 0 Å². The Labute approximate surface area is 299 Å². The van der Waals surface area contributed by atoms with Crippen LogP contribution in [0.4, 0.5) is 0 Å². The van der Waals surface area contributed by atoms with Crippen molar-refractivity contribution in [2.45, 2.75) is 0 Å². The maximum atomic E-state index is 13.2. The van der Waals surface area contributed by atoms with E-state index in [0.29, 0.717) is 11.1 Å². The smallest absolute Gasteiger partial charge is 0.193 e. The van der Waals surface area contributed by atoms with Gasteiger partial charge in [0.15, 0.2) is 5.78 Å². The fourth-order valence-corrected chi connectivity index (χ4v) is 8.52. The number of benzene rings is 8. The molecule has 0 bridgehead atoms. The predicted octanol–water partition coefficient (Wildman–Crippen LogP) is 12.5. The Morgan fingerprint density at radius 2 is 0.962 bits per heavy atom. The zero-order valence-electron chi connectivity index (χ0n) is 28.1. The first-order valence-electron chi connectivity index (χ1n) is 17.7. The number of nitrogens with zero attached hydrogens (tertiary/aromatic N) is 2. The third kappa shape index (κ3) is 4.11. The van der Waals surface area contributed by atoms with Crippen LogP contribution in [0.3, 0.4) is 0 Å². The third-order valence-corrected chi connectivity index (χ3v) is 10.8. The summed E-state index contributed by atoms with van der Waals surface area (Å²) in [5, 5.41) is 7.57. The zero-order valence-corrected chi connectivity index (χ0v) is 28.1. The highest BCUT2D eigenvalue weighted by atomic mass is 16.1. The van der Waals surface area contributed by atoms with Crippen molar-refractivity contribution in [2.75, 3.05) is 0 Å². The molecule has 0 aliphatic carbocycles. The van der Waals surface area contributed by atoms with Crippen LogP contribution in [-0.4, -0.2) is 14.8 Å². The molecule has 0 aliphatic heterocycles. The van der Waals surface area contributed by atoms with Crippen LogP contribution in [0.5, 0.6) is 0 Å². The number of rotatable bonds is 5. The minimum Gasteiger partial charge on any atom is -0.309 e. The molecule has 3 heterocycles. The quantitative estimate of drug-likeness (QED) is 0.168. The van der Waals surface area contributed by atoms with Crippen molar-refractivity contribution in [3.63, 3.8) is 0 Å². The van der Waals surface area contributed by atoms with Gasteiger partial charge in [0.2, 0.25) is 0 Å². The number of para-hydroxylation sites is 3. The number of hydrogen-bond acceptors (Lipinski definition) is 1. The van der Waals surface area contributed by atoms with Gasteiger partial charge in [-0.3, -0.25) is 4.79 Å². The second kappa shape index (κ2) is 11.0. The minimum atomic E-state index is 0.0325. The normalized spacial score (nSPS) is 11.9. The van der Waals surface area contributed by atoms with Gasteiger partial charge in [0.1, 0.15) is 0 Å². The largest absolute Gasteiger partial charge is 0.309 e. The van der Waals surface area contributed by atoms with Gasteiger partial charge in [0.25, 0.3) is 0 Å². The lowest BCUT2D eigenvalue weighted by molar-refractivity contribution is 0.103. The molecule has 3 heteroatoms. The van der Waals surface area contributed by atoms with E-state index in [1.165, 1.54) is 59.9 Å². The third-order valence-electron chi connectivity index (χ3n) is 10.8. The molecule has 242 valence electrons. The summed E-state index contributed by atoms with van der Waals surface area (Å²) in [4.78, 5) is 13.2. The SMILES string of the molecule is O=C(c1ccccc1)c1cccc(-c2cccc(-c3ccc4c(c3)c3cccc5c6c7c(ccc6n4c35)c3ccccc3n7-c3ccccc3)c2)c1. The predicted molar refractivity (Wildman–Crippen MR) is 216 cm³/mol. The van der Waals surface area contributed by atoms with E-state index in [-0.39, 0.29) is 5.78 Å². The van der Waals surface area contributed by atoms with Crippen LogP contribution in [0.25, 0.3) is 87.8 Å². The molecule has 0 aliphatic rings. The summed E-state index contributed by atoms with van der Waals surface area (Å²) in [6, 6.07) is 63.8. The summed E-state index contributed by atoms with van der Waals surface area (Å²) in [7, 11) is 0. The van der Waals surface area contributed by atoms with Gasteiger partial charge < -0.3 is 8.97 Å². The van der Waals surface area contributed by atoms with Crippen LogP contribution in [0.1, 0.15) is 15.9 Å². The summed E-state index contributed by atoms with van der Waals surface area (Å²) in [6.07, 6.45) is 0. The molecule has 52 heavy (non-hydrogen) atoms. The van der Waals surface area contributed by atoms with Crippen molar-refractivity contribution in [2.24, 2.45) is 0 Å². The molecule has 3 nitrogen and oxygen atoms in total. The summed E-state index contributed by atoms with van der Waals surface area (Å²) in [6.45, 7) is 0. The van der Waals surface area contributed by atoms with Crippen molar-refractivity contribution in [1.82, 2.24) is 8.97 Å². The van der Waals surface area contributed by atoms with E-state index in [9.17, 15) is 4.79 Å². The molecule has 11 rings (SSSR count). The van der Waals surface area contributed by atoms with Crippen molar-refractivity contribution in [3.05, 3.63) is 193 Å². The molecule has 0 saturated carbocycles. The Hall–Kier alpha value is -6.97. The maximum absolute atomic E-state index is 13.2. The molecule has 0 spiro atoms. The number of carbonyl (C=O) groups is 1. The molecule has 0 N–H and O–H groups in total. The van der Waals surface area contributed by atoms with Crippen LogP contribution >= 0.6 is 0 Å². The van der Waals surface area contributed by atoms with E-state index in [4.69, 9.17) is 0 Å². The molecule has 0 saturated heterocycles. The number of aromatic nitrogens is 2. The molecule has 8 aromatic carbocycles. The van der Waals surface area contributed by atoms with E-state index in [1.807, 2.05) is 48.5 Å². The van der Waals surface area contributed by atoms with Crippen LogP contribution < -0.4 is 0 Å². The van der Waals surface area contributed by atoms with Crippen LogP contribution in [0.2, 0.25) is 0 Å². The molecule has 0 amide bonds. The highest BCUT2D eigenvalue weighted by Gasteiger charge is 2.23. The van der Waals surface area contributed by atoms with Gasteiger partial charge in [0.05, 0.1) is 27.6 Å². The van der Waals surface area contributed by atoms with E-state index in [0.717, 1.165) is 27.9 Å². The van der Waals surface area contributed by atoms with Crippen LogP contribution in [0.15, 0.2) is 182 Å². The Kier molecular flexibility index (Phi) is 6.11. The summed E-state index contributed by atoms with van der Waals surface area (Å²) >= 11 is 0. The molecule has 0 radical (unpaired) electrons. The molecule has 0 unspecified atom stereocenters. The molecule has 0 atom stereocenters. The monoisotopic (exact) mass is 662 g/mol. The van der Waals surface area contributed by atoms with Gasteiger partial charge in [-0.1, -0.05) is 133 Å². The van der Waals surface area contributed by atoms with Gasteiger partial charge in [0, 0.05) is 49.1 Å². The molecule has 0 fully saturated rings. The Bertz CT molecular complexity index is 3190. The average Bonchev–Trinajstić information content (AvgIpc) is 3.86. The highest BCUT2D eigenvalue weighted by Crippen LogP contribution is 2.45. The molecule has 11 aromatic rings. The number of ketones is 1. The first-order valence-corrected chi connectivity index (χ1v) is 17.7. The lowest BCUT2D eigenvalue weighted by Crippen LogP contribution is -2.00. The standard InChI is InChI=1S/C49H30N2O/c52-49(31-12-3-1-4-13-31)36-17-10-16-34(29-36)32-14-9-15-33(28-32)35-24-26-44-42(30-35)39-21-11-22-41-46-45(51(44)47(39)41)27-25-40-38-20-7-8-23-43(38)50(48(40)46)37-18-5-2-6-19-37/h1-30H. The second-order valence-corrected chi connectivity index (χ2v) is 13.7. The average molecular weight is 663 g/mol. The summed E-state index contributed by atoms with van der Waals surface area (Å²) in [5.74, 6) is 0.0325. The summed E-state index contributed by atoms with van der Waals surface area (Å²) < 4.78 is 4.91. The topological polar surface area (TPSA) is 26.4 Å². The van der Waals surface area contributed by atoms with Gasteiger partial charge in [-0.05, 0) is 70.8 Å². The first-order chi connectivity index (χ1) is 25.7. The van der Waals surface area contributed by atoms with Gasteiger partial charge in [-0.2, -0.15) is 0 Å². The Morgan fingerprint density at radius 1 is 0.365 bits per heavy atom. The van der Waals surface area contributed by atoms with E-state index >= 15 is 0 Å². The van der Waals surface area contributed by atoms with Gasteiger partial charge in [-0.25, -0.2) is 0 Å². The molecular weight excluding hydrogens is 633 g/mol. The van der Waals surface area contributed by atoms with Crippen LogP contribution in [0, 0.1) is 0 Å². The molecular formula is C49H30N2O. The summed E-state index contributed by atoms with van der Waals surface area (Å²) in [5.41, 5.74) is 13.1. The second-order valence-electron chi connectivity index (χ2n) is 13.7. The lowest BCUT2D eigenvalue weighted by atomic mass is 9.95. The Balaban J connectivity index is 1.08. The molecule has 3 aromatic heterocycles. The number of hydrogen-bond donors (Lipinski definition) is 0. The minimum absolute atomic E-state index is 0.0325. The lowest BCUT2D eigenvalue weighted by Gasteiger charge is -2.10. The van der Waals surface area contributed by atoms with Crippen molar-refractivity contribution >= 4 is 65.7 Å². The Morgan fingerprint density at radius 3 is 1.79 bits per heavy atom. The van der Waals surface area contributed by atoms with E-state index < -0.39 is 0 Å². The van der Waals surface area contributed by atoms with E-state index in [1.54, 1.807) is 0 Å². The fourth-order valence-electron chi connectivity index (χ4n) is 8.52.